The second-order valence-corrected chi connectivity index (χ2v) is 9.05. The number of carbonyl (C=O) groups is 2. The van der Waals surface area contributed by atoms with Crippen LogP contribution >= 0.6 is 23.1 Å². The van der Waals surface area contributed by atoms with E-state index in [4.69, 9.17) is 0 Å². The van der Waals surface area contributed by atoms with Crippen molar-refractivity contribution in [3.63, 3.8) is 0 Å². The van der Waals surface area contributed by atoms with E-state index in [9.17, 15) is 9.59 Å². The Morgan fingerprint density at radius 3 is 2.50 bits per heavy atom. The molecule has 2 heterocycles. The summed E-state index contributed by atoms with van der Waals surface area (Å²) in [5.41, 5.74) is 0.587. The molecular formula is C19H23N7O2S2. The fraction of sp³-hybridized carbons (Fsp3) is 0.368. The van der Waals surface area contributed by atoms with E-state index in [1.165, 1.54) is 23.1 Å². The van der Waals surface area contributed by atoms with Gasteiger partial charge in [0.25, 0.3) is 5.91 Å². The molecule has 3 rings (SSSR count). The SMILES string of the molecule is Cc1nnc(NC(=O)CSc2nnc([C@@H](NC(=O)c3ccccc3)C(C)C)n2C)s1. The van der Waals surface area contributed by atoms with Crippen LogP contribution < -0.4 is 10.6 Å². The van der Waals surface area contributed by atoms with Gasteiger partial charge < -0.3 is 9.88 Å². The number of aryl methyl sites for hydroxylation is 1. The summed E-state index contributed by atoms with van der Waals surface area (Å²) in [5, 5.41) is 23.8. The lowest BCUT2D eigenvalue weighted by Crippen LogP contribution is -2.33. The van der Waals surface area contributed by atoms with Crippen molar-refractivity contribution >= 4 is 40.0 Å². The molecule has 9 nitrogen and oxygen atoms in total. The number of thioether (sulfide) groups is 1. The first-order chi connectivity index (χ1) is 14.3. The van der Waals surface area contributed by atoms with Crippen molar-refractivity contribution in [3.05, 3.63) is 46.7 Å². The van der Waals surface area contributed by atoms with Crippen molar-refractivity contribution in [1.82, 2.24) is 30.3 Å². The molecule has 11 heteroatoms. The van der Waals surface area contributed by atoms with E-state index in [1.807, 2.05) is 50.6 Å². The average molecular weight is 446 g/mol. The molecule has 0 unspecified atom stereocenters. The summed E-state index contributed by atoms with van der Waals surface area (Å²) in [6.45, 7) is 5.84. The smallest absolute Gasteiger partial charge is 0.251 e. The number of nitrogens with one attached hydrogen (secondary N) is 2. The van der Waals surface area contributed by atoms with E-state index >= 15 is 0 Å². The molecule has 0 spiro atoms. The van der Waals surface area contributed by atoms with Crippen molar-refractivity contribution < 1.29 is 9.59 Å². The van der Waals surface area contributed by atoms with E-state index in [-0.39, 0.29) is 29.5 Å². The summed E-state index contributed by atoms with van der Waals surface area (Å²) in [6, 6.07) is 8.73. The van der Waals surface area contributed by atoms with Crippen LogP contribution in [-0.4, -0.2) is 42.5 Å². The van der Waals surface area contributed by atoms with Gasteiger partial charge in [0.15, 0.2) is 11.0 Å². The van der Waals surface area contributed by atoms with Crippen LogP contribution in [0.4, 0.5) is 5.13 Å². The molecule has 3 aromatic rings. The number of aromatic nitrogens is 5. The van der Waals surface area contributed by atoms with Crippen molar-refractivity contribution in [1.29, 1.82) is 0 Å². The Bertz CT molecular complexity index is 1020. The summed E-state index contributed by atoms with van der Waals surface area (Å²) in [7, 11) is 1.83. The van der Waals surface area contributed by atoms with Gasteiger partial charge in [0.1, 0.15) is 5.01 Å². The lowest BCUT2D eigenvalue weighted by molar-refractivity contribution is -0.113. The van der Waals surface area contributed by atoms with Gasteiger partial charge >= 0.3 is 0 Å². The summed E-state index contributed by atoms with van der Waals surface area (Å²) in [4.78, 5) is 24.8. The zero-order valence-electron chi connectivity index (χ0n) is 17.1. The molecule has 0 radical (unpaired) electrons. The standard InChI is InChI=1S/C19H23N7O2S2/c1-11(2)15(21-17(28)13-8-6-5-7-9-13)16-23-25-19(26(16)4)29-10-14(27)20-18-24-22-12(3)30-18/h5-9,11,15H,10H2,1-4H3,(H,21,28)(H,20,24,27)/t15-/m0/s1. The molecule has 0 fully saturated rings. The molecule has 0 aliphatic heterocycles. The predicted octanol–water partition coefficient (Wildman–Crippen LogP) is 2.83. The largest absolute Gasteiger partial charge is 0.342 e. The van der Waals surface area contributed by atoms with Gasteiger partial charge in [-0.1, -0.05) is 55.1 Å². The van der Waals surface area contributed by atoms with Crippen LogP contribution in [-0.2, 0) is 11.8 Å². The zero-order chi connectivity index (χ0) is 21.7. The molecule has 2 aromatic heterocycles. The highest BCUT2D eigenvalue weighted by Gasteiger charge is 2.25. The van der Waals surface area contributed by atoms with E-state index in [0.717, 1.165) is 5.01 Å². The normalized spacial score (nSPS) is 12.0. The van der Waals surface area contributed by atoms with Crippen LogP contribution in [0.1, 0.15) is 41.1 Å². The molecule has 158 valence electrons. The Balaban J connectivity index is 1.65. The molecule has 30 heavy (non-hydrogen) atoms. The number of hydrogen-bond donors (Lipinski definition) is 2. The predicted molar refractivity (Wildman–Crippen MR) is 116 cm³/mol. The van der Waals surface area contributed by atoms with E-state index < -0.39 is 0 Å². The topological polar surface area (TPSA) is 115 Å². The Hall–Kier alpha value is -2.79. The maximum Gasteiger partial charge on any atom is 0.251 e. The molecule has 0 saturated heterocycles. The number of carbonyl (C=O) groups excluding carboxylic acids is 2. The first-order valence-electron chi connectivity index (χ1n) is 9.33. The third kappa shape index (κ3) is 5.42. The summed E-state index contributed by atoms with van der Waals surface area (Å²) >= 11 is 2.59. The van der Waals surface area contributed by atoms with E-state index in [2.05, 4.69) is 31.0 Å². The number of benzene rings is 1. The minimum Gasteiger partial charge on any atom is -0.342 e. The minimum atomic E-state index is -0.317. The molecule has 0 saturated carbocycles. The lowest BCUT2D eigenvalue weighted by atomic mass is 10.0. The van der Waals surface area contributed by atoms with Crippen LogP contribution in [0.25, 0.3) is 0 Å². The molecule has 0 bridgehead atoms. The molecule has 2 N–H and O–H groups in total. The highest BCUT2D eigenvalue weighted by molar-refractivity contribution is 7.99. The molecule has 1 atom stereocenters. The molecular weight excluding hydrogens is 422 g/mol. The highest BCUT2D eigenvalue weighted by atomic mass is 32.2. The fourth-order valence-electron chi connectivity index (χ4n) is 2.70. The van der Waals surface area contributed by atoms with Crippen LogP contribution in [0.15, 0.2) is 35.5 Å². The van der Waals surface area contributed by atoms with Crippen molar-refractivity contribution in [2.24, 2.45) is 13.0 Å². The van der Waals surface area contributed by atoms with Crippen molar-refractivity contribution in [2.45, 2.75) is 32.0 Å². The van der Waals surface area contributed by atoms with Crippen molar-refractivity contribution in [3.8, 4) is 0 Å². The molecule has 0 aliphatic carbocycles. The van der Waals surface area contributed by atoms with Gasteiger partial charge in [-0.15, -0.1) is 20.4 Å². The molecule has 2 amide bonds. The van der Waals surface area contributed by atoms with Crippen LogP contribution in [0.2, 0.25) is 0 Å². The number of nitrogens with zero attached hydrogens (tertiary/aromatic N) is 5. The van der Waals surface area contributed by atoms with Gasteiger partial charge in [0.2, 0.25) is 11.0 Å². The highest BCUT2D eigenvalue weighted by Crippen LogP contribution is 2.24. The third-order valence-electron chi connectivity index (χ3n) is 4.24. The first kappa shape index (κ1) is 21.9. The monoisotopic (exact) mass is 445 g/mol. The Kier molecular flexibility index (Phi) is 7.16. The van der Waals surface area contributed by atoms with Gasteiger partial charge in [-0.05, 0) is 25.0 Å². The second kappa shape index (κ2) is 9.81. The Morgan fingerprint density at radius 1 is 1.13 bits per heavy atom. The quantitative estimate of drug-likeness (QED) is 0.512. The number of anilines is 1. The van der Waals surface area contributed by atoms with E-state index in [0.29, 0.717) is 21.7 Å². The lowest BCUT2D eigenvalue weighted by Gasteiger charge is -2.21. The summed E-state index contributed by atoms with van der Waals surface area (Å²) in [6.07, 6.45) is 0. The molecule has 1 aromatic carbocycles. The van der Waals surface area contributed by atoms with Gasteiger partial charge in [-0.2, -0.15) is 0 Å². The number of rotatable bonds is 8. The Morgan fingerprint density at radius 2 is 1.87 bits per heavy atom. The second-order valence-electron chi connectivity index (χ2n) is 6.92. The number of hydrogen-bond acceptors (Lipinski definition) is 8. The third-order valence-corrected chi connectivity index (χ3v) is 6.02. The van der Waals surface area contributed by atoms with Gasteiger partial charge in [-0.3, -0.25) is 14.9 Å². The summed E-state index contributed by atoms with van der Waals surface area (Å²) in [5.74, 6) is 0.531. The average Bonchev–Trinajstić information content (AvgIpc) is 3.30. The zero-order valence-corrected chi connectivity index (χ0v) is 18.8. The van der Waals surface area contributed by atoms with Gasteiger partial charge in [0.05, 0.1) is 11.8 Å². The maximum absolute atomic E-state index is 12.6. The van der Waals surface area contributed by atoms with Gasteiger partial charge in [0, 0.05) is 12.6 Å². The van der Waals surface area contributed by atoms with Crippen LogP contribution in [0.5, 0.6) is 0 Å². The molecule has 0 aliphatic rings. The van der Waals surface area contributed by atoms with E-state index in [1.54, 1.807) is 12.1 Å². The fourth-order valence-corrected chi connectivity index (χ4v) is 4.02. The van der Waals surface area contributed by atoms with Crippen LogP contribution in [0, 0.1) is 12.8 Å². The maximum atomic E-state index is 12.6. The van der Waals surface area contributed by atoms with Crippen LogP contribution in [0.3, 0.4) is 0 Å². The first-order valence-corrected chi connectivity index (χ1v) is 11.1. The summed E-state index contributed by atoms with van der Waals surface area (Å²) < 4.78 is 1.81. The van der Waals surface area contributed by atoms with Crippen molar-refractivity contribution in [2.75, 3.05) is 11.1 Å². The minimum absolute atomic E-state index is 0.0994. The Labute approximate surface area is 182 Å². The van der Waals surface area contributed by atoms with Gasteiger partial charge in [-0.25, -0.2) is 0 Å². The number of amides is 2.